The van der Waals surface area contributed by atoms with Crippen molar-refractivity contribution >= 4 is 17.3 Å². The fourth-order valence-electron chi connectivity index (χ4n) is 2.56. The Bertz CT molecular complexity index is 689. The van der Waals surface area contributed by atoms with Crippen LogP contribution in [0.5, 0.6) is 0 Å². The van der Waals surface area contributed by atoms with Crippen LogP contribution < -0.4 is 16.6 Å². The van der Waals surface area contributed by atoms with Gasteiger partial charge in [-0.25, -0.2) is 10.8 Å². The summed E-state index contributed by atoms with van der Waals surface area (Å²) in [6.45, 7) is 0.690. The maximum atomic E-state index is 10.9. The van der Waals surface area contributed by atoms with E-state index in [2.05, 4.69) is 27.9 Å². The van der Waals surface area contributed by atoms with Crippen LogP contribution in [0.4, 0.5) is 17.3 Å². The maximum Gasteiger partial charge on any atom is 0.276 e. The lowest BCUT2D eigenvalue weighted by Gasteiger charge is -2.30. The average molecular weight is 285 g/mol. The first kappa shape index (κ1) is 13.3. The molecule has 0 spiro atoms. The van der Waals surface area contributed by atoms with Gasteiger partial charge in [0, 0.05) is 12.5 Å². The molecule has 3 rings (SSSR count). The Hall–Kier alpha value is -2.67. The highest BCUT2D eigenvalue weighted by atomic mass is 16.6. The number of benzene rings is 1. The summed E-state index contributed by atoms with van der Waals surface area (Å²) in [6, 6.07) is 11.0. The third-order valence-corrected chi connectivity index (χ3v) is 3.66. The van der Waals surface area contributed by atoms with E-state index in [1.165, 1.54) is 23.3 Å². The first-order chi connectivity index (χ1) is 10.2. The minimum absolute atomic E-state index is 0.0468. The predicted octanol–water partition coefficient (Wildman–Crippen LogP) is 2.03. The third-order valence-electron chi connectivity index (χ3n) is 3.66. The van der Waals surface area contributed by atoms with Crippen LogP contribution in [0.3, 0.4) is 0 Å². The largest absolute Gasteiger partial charge is 0.369 e. The van der Waals surface area contributed by atoms with Crippen LogP contribution >= 0.6 is 0 Å². The number of hydrogen-bond acceptors (Lipinski definition) is 6. The Kier molecular flexibility index (Phi) is 3.41. The first-order valence-electron chi connectivity index (χ1n) is 6.62. The molecule has 1 heterocycles. The molecule has 1 atom stereocenters. The zero-order valence-electron chi connectivity index (χ0n) is 11.2. The van der Waals surface area contributed by atoms with Crippen LogP contribution in [0.15, 0.2) is 36.4 Å². The summed E-state index contributed by atoms with van der Waals surface area (Å²) in [4.78, 5) is 14.6. The number of nitrogens with two attached hydrogens (primary N) is 1. The van der Waals surface area contributed by atoms with Crippen LogP contribution in [-0.4, -0.2) is 16.5 Å². The van der Waals surface area contributed by atoms with E-state index < -0.39 is 4.92 Å². The molecule has 7 nitrogen and oxygen atoms in total. The van der Waals surface area contributed by atoms with Gasteiger partial charge in [-0.2, -0.15) is 0 Å². The highest BCUT2D eigenvalue weighted by Gasteiger charge is 2.25. The molecule has 108 valence electrons. The molecule has 2 aromatic rings. The molecule has 0 aliphatic heterocycles. The average Bonchev–Trinajstić information content (AvgIpc) is 2.47. The van der Waals surface area contributed by atoms with Crippen molar-refractivity contribution in [2.24, 2.45) is 5.84 Å². The van der Waals surface area contributed by atoms with E-state index in [-0.39, 0.29) is 11.5 Å². The van der Waals surface area contributed by atoms with Gasteiger partial charge in [-0.3, -0.25) is 10.1 Å². The van der Waals surface area contributed by atoms with Crippen molar-refractivity contribution in [3.63, 3.8) is 0 Å². The summed E-state index contributed by atoms with van der Waals surface area (Å²) in [6.07, 6.45) is 1.01. The lowest BCUT2D eigenvalue weighted by Crippen LogP contribution is -2.24. The van der Waals surface area contributed by atoms with Crippen molar-refractivity contribution < 1.29 is 4.92 Å². The smallest absolute Gasteiger partial charge is 0.276 e. The number of anilines is 2. The predicted molar refractivity (Wildman–Crippen MR) is 80.1 cm³/mol. The standard InChI is InChI=1S/C14H15N5O2/c15-18-14-7-11(19(20)21)6-13(17-14)16-8-10-5-9-3-1-2-4-12(9)10/h1-4,6-7,10H,5,8,15H2,(H2,16,17,18). The minimum atomic E-state index is -0.466. The third kappa shape index (κ3) is 2.63. The van der Waals surface area contributed by atoms with Crippen molar-refractivity contribution in [2.75, 3.05) is 17.3 Å². The van der Waals surface area contributed by atoms with Gasteiger partial charge < -0.3 is 10.7 Å². The molecule has 1 aromatic carbocycles. The number of rotatable bonds is 5. The van der Waals surface area contributed by atoms with E-state index in [4.69, 9.17) is 5.84 Å². The quantitative estimate of drug-likeness (QED) is 0.441. The zero-order chi connectivity index (χ0) is 14.8. The molecular formula is C14H15N5O2. The molecule has 0 fully saturated rings. The first-order valence-corrected chi connectivity index (χ1v) is 6.62. The van der Waals surface area contributed by atoms with E-state index >= 15 is 0 Å². The number of nitrogens with one attached hydrogen (secondary N) is 2. The van der Waals surface area contributed by atoms with Gasteiger partial charge in [0.15, 0.2) is 0 Å². The molecule has 1 aliphatic carbocycles. The highest BCUT2D eigenvalue weighted by Crippen LogP contribution is 2.34. The minimum Gasteiger partial charge on any atom is -0.369 e. The molecule has 0 bridgehead atoms. The molecule has 21 heavy (non-hydrogen) atoms. The van der Waals surface area contributed by atoms with E-state index in [1.807, 2.05) is 12.1 Å². The number of fused-ring (bicyclic) bond motifs is 1. The second kappa shape index (κ2) is 5.37. The van der Waals surface area contributed by atoms with Crippen molar-refractivity contribution in [1.29, 1.82) is 0 Å². The molecule has 0 amide bonds. The molecular weight excluding hydrogens is 270 g/mol. The molecule has 0 radical (unpaired) electrons. The molecule has 0 saturated heterocycles. The Morgan fingerprint density at radius 1 is 1.33 bits per heavy atom. The Labute approximate surface area is 121 Å². The summed E-state index contributed by atoms with van der Waals surface area (Å²) >= 11 is 0. The number of aromatic nitrogens is 1. The second-order valence-corrected chi connectivity index (χ2v) is 4.98. The normalized spacial score (nSPS) is 15.8. The number of hydrazine groups is 1. The van der Waals surface area contributed by atoms with Crippen molar-refractivity contribution in [2.45, 2.75) is 12.3 Å². The van der Waals surface area contributed by atoms with Crippen LogP contribution in [-0.2, 0) is 6.42 Å². The molecule has 1 unspecified atom stereocenters. The molecule has 1 aliphatic rings. The summed E-state index contributed by atoms with van der Waals surface area (Å²) in [5.41, 5.74) is 4.98. The summed E-state index contributed by atoms with van der Waals surface area (Å²) in [5.74, 6) is 6.41. The van der Waals surface area contributed by atoms with E-state index in [0.717, 1.165) is 6.42 Å². The fraction of sp³-hybridized carbons (Fsp3) is 0.214. The SMILES string of the molecule is NNc1cc([N+](=O)[O-])cc(NCC2Cc3ccccc32)n1. The van der Waals surface area contributed by atoms with E-state index in [0.29, 0.717) is 18.3 Å². The van der Waals surface area contributed by atoms with Crippen LogP contribution in [0, 0.1) is 10.1 Å². The number of nitro groups is 1. The van der Waals surface area contributed by atoms with Gasteiger partial charge in [-0.15, -0.1) is 0 Å². The number of hydrogen-bond donors (Lipinski definition) is 3. The maximum absolute atomic E-state index is 10.9. The second-order valence-electron chi connectivity index (χ2n) is 4.98. The lowest BCUT2D eigenvalue weighted by molar-refractivity contribution is -0.384. The Morgan fingerprint density at radius 2 is 2.10 bits per heavy atom. The highest BCUT2D eigenvalue weighted by molar-refractivity contribution is 5.54. The van der Waals surface area contributed by atoms with Gasteiger partial charge >= 0.3 is 0 Å². The monoisotopic (exact) mass is 285 g/mol. The van der Waals surface area contributed by atoms with Crippen LogP contribution in [0.1, 0.15) is 17.0 Å². The fourth-order valence-corrected chi connectivity index (χ4v) is 2.56. The van der Waals surface area contributed by atoms with Gasteiger partial charge in [0.05, 0.1) is 17.1 Å². The number of pyridine rings is 1. The van der Waals surface area contributed by atoms with E-state index in [1.54, 1.807) is 0 Å². The van der Waals surface area contributed by atoms with Crippen molar-refractivity contribution in [3.8, 4) is 0 Å². The zero-order valence-corrected chi connectivity index (χ0v) is 11.2. The molecule has 0 saturated carbocycles. The topological polar surface area (TPSA) is 106 Å². The van der Waals surface area contributed by atoms with Gasteiger partial charge in [0.2, 0.25) is 0 Å². The lowest BCUT2D eigenvalue weighted by atomic mass is 9.77. The van der Waals surface area contributed by atoms with Crippen LogP contribution in [0.25, 0.3) is 0 Å². The van der Waals surface area contributed by atoms with Gasteiger partial charge in [-0.05, 0) is 17.5 Å². The summed E-state index contributed by atoms with van der Waals surface area (Å²) < 4.78 is 0. The Balaban J connectivity index is 1.71. The molecule has 7 heteroatoms. The summed E-state index contributed by atoms with van der Waals surface area (Å²) in [5, 5.41) is 14.0. The van der Waals surface area contributed by atoms with Gasteiger partial charge in [0.1, 0.15) is 11.6 Å². The van der Waals surface area contributed by atoms with Crippen molar-refractivity contribution in [1.82, 2.24) is 4.98 Å². The number of nitrogens with zero attached hydrogens (tertiary/aromatic N) is 2. The van der Waals surface area contributed by atoms with Crippen molar-refractivity contribution in [3.05, 3.63) is 57.6 Å². The number of nitrogen functional groups attached to an aromatic ring is 1. The van der Waals surface area contributed by atoms with Gasteiger partial charge in [0.25, 0.3) is 5.69 Å². The molecule has 1 aromatic heterocycles. The summed E-state index contributed by atoms with van der Waals surface area (Å²) in [7, 11) is 0. The Morgan fingerprint density at radius 3 is 2.81 bits per heavy atom. The molecule has 4 N–H and O–H groups in total. The van der Waals surface area contributed by atoms with Gasteiger partial charge in [-0.1, -0.05) is 24.3 Å². The van der Waals surface area contributed by atoms with E-state index in [9.17, 15) is 10.1 Å². The van der Waals surface area contributed by atoms with Crippen LogP contribution in [0.2, 0.25) is 0 Å².